The lowest BCUT2D eigenvalue weighted by Crippen LogP contribution is -2.27. The van der Waals surface area contributed by atoms with Gasteiger partial charge in [-0.1, -0.05) is 54.6 Å². The molecule has 5 nitrogen and oxygen atoms in total. The Morgan fingerprint density at radius 1 is 0.815 bits per heavy atom. The minimum Gasteiger partial charge on any atom is -0.465 e. The third-order valence-electron chi connectivity index (χ3n) is 4.14. The van der Waals surface area contributed by atoms with Gasteiger partial charge in [-0.05, 0) is 23.8 Å². The van der Waals surface area contributed by atoms with Gasteiger partial charge in [-0.2, -0.15) is 0 Å². The van der Waals surface area contributed by atoms with E-state index in [1.54, 1.807) is 29.3 Å². The number of hydrogen-bond acceptors (Lipinski definition) is 5. The van der Waals surface area contributed by atoms with Gasteiger partial charge in [-0.3, -0.25) is 0 Å². The molecule has 0 unspecified atom stereocenters. The van der Waals surface area contributed by atoms with Crippen molar-refractivity contribution in [2.45, 2.75) is 0 Å². The zero-order valence-corrected chi connectivity index (χ0v) is 15.1. The summed E-state index contributed by atoms with van der Waals surface area (Å²) in [7, 11) is 2.56. The summed E-state index contributed by atoms with van der Waals surface area (Å²) in [4.78, 5) is 26.5. The maximum Gasteiger partial charge on any atom is 0.355 e. The van der Waals surface area contributed by atoms with Crippen LogP contribution in [0, 0.1) is 0 Å². The summed E-state index contributed by atoms with van der Waals surface area (Å²) < 4.78 is 9.81. The van der Waals surface area contributed by atoms with Gasteiger partial charge < -0.3 is 14.4 Å². The number of hydrogen-bond donors (Lipinski definition) is 0. The summed E-state index contributed by atoms with van der Waals surface area (Å²) >= 11 is 0. The molecule has 0 saturated carbocycles. The van der Waals surface area contributed by atoms with E-state index >= 15 is 0 Å². The normalized spacial score (nSPS) is 13.3. The van der Waals surface area contributed by atoms with Crippen LogP contribution in [-0.2, 0) is 19.1 Å². The number of ether oxygens (including phenoxy) is 2. The molecule has 27 heavy (non-hydrogen) atoms. The maximum atomic E-state index is 12.6. The van der Waals surface area contributed by atoms with Crippen molar-refractivity contribution >= 4 is 17.6 Å². The van der Waals surface area contributed by atoms with Crippen molar-refractivity contribution in [2.24, 2.45) is 0 Å². The number of para-hydroxylation sites is 1. The van der Waals surface area contributed by atoms with Gasteiger partial charge in [0.15, 0.2) is 0 Å². The van der Waals surface area contributed by atoms with Gasteiger partial charge in [0, 0.05) is 11.8 Å². The molecular formula is C22H19NO4. The molecule has 0 N–H and O–H groups in total. The summed E-state index contributed by atoms with van der Waals surface area (Å²) in [6.07, 6.45) is 6.70. The highest BCUT2D eigenvalue weighted by Gasteiger charge is 2.28. The fraction of sp³-hybridized carbons (Fsp3) is 0.0909. The van der Waals surface area contributed by atoms with Crippen LogP contribution in [0.3, 0.4) is 0 Å². The van der Waals surface area contributed by atoms with Crippen LogP contribution in [0.2, 0.25) is 0 Å². The van der Waals surface area contributed by atoms with Crippen molar-refractivity contribution in [1.29, 1.82) is 0 Å². The molecule has 0 spiro atoms. The number of methoxy groups -OCH3 is 2. The van der Waals surface area contributed by atoms with E-state index in [1.165, 1.54) is 14.2 Å². The van der Waals surface area contributed by atoms with Crippen LogP contribution in [-0.4, -0.2) is 26.2 Å². The van der Waals surface area contributed by atoms with Crippen LogP contribution in [0.4, 0.5) is 5.69 Å². The van der Waals surface area contributed by atoms with E-state index in [4.69, 9.17) is 9.47 Å². The lowest BCUT2D eigenvalue weighted by atomic mass is 10.0. The first kappa shape index (κ1) is 18.2. The van der Waals surface area contributed by atoms with Gasteiger partial charge >= 0.3 is 11.9 Å². The van der Waals surface area contributed by atoms with E-state index in [0.717, 1.165) is 16.8 Å². The number of nitrogens with zero attached hydrogens (tertiary/aromatic N) is 1. The Bertz CT molecular complexity index is 942. The molecule has 1 aliphatic heterocycles. The number of allylic oxidation sites excluding steroid dienone is 2. The predicted octanol–water partition coefficient (Wildman–Crippen LogP) is 3.84. The van der Waals surface area contributed by atoms with Crippen LogP contribution in [0.5, 0.6) is 0 Å². The Labute approximate surface area is 157 Å². The third-order valence-corrected chi connectivity index (χ3v) is 4.14. The van der Waals surface area contributed by atoms with E-state index in [0.29, 0.717) is 0 Å². The van der Waals surface area contributed by atoms with Crippen LogP contribution in [0.15, 0.2) is 90.3 Å². The van der Waals surface area contributed by atoms with Gasteiger partial charge in [-0.25, -0.2) is 9.59 Å². The van der Waals surface area contributed by atoms with E-state index in [9.17, 15) is 9.59 Å². The zero-order valence-electron chi connectivity index (χ0n) is 15.1. The lowest BCUT2D eigenvalue weighted by molar-refractivity contribution is -0.139. The second kappa shape index (κ2) is 8.19. The lowest BCUT2D eigenvalue weighted by Gasteiger charge is -2.25. The average Bonchev–Trinajstić information content (AvgIpc) is 2.96. The molecule has 0 atom stereocenters. The number of carbonyl (C=O) groups excluding carboxylic acids is 2. The van der Waals surface area contributed by atoms with E-state index in [1.807, 2.05) is 54.6 Å². The minimum atomic E-state index is -0.630. The summed E-state index contributed by atoms with van der Waals surface area (Å²) in [5.74, 6) is -1.24. The van der Waals surface area contributed by atoms with Crippen molar-refractivity contribution in [3.05, 3.63) is 90.3 Å². The Morgan fingerprint density at radius 3 is 2.19 bits per heavy atom. The molecule has 0 bridgehead atoms. The fourth-order valence-corrected chi connectivity index (χ4v) is 2.90. The summed E-state index contributed by atoms with van der Waals surface area (Å²) in [5, 5.41) is 0. The number of carbonyl (C=O) groups is 2. The second-order valence-corrected chi connectivity index (χ2v) is 5.70. The van der Waals surface area contributed by atoms with Gasteiger partial charge in [0.2, 0.25) is 0 Å². The zero-order chi connectivity index (χ0) is 19.2. The third kappa shape index (κ3) is 3.67. The molecule has 5 heteroatoms. The Morgan fingerprint density at radius 2 is 1.48 bits per heavy atom. The van der Waals surface area contributed by atoms with E-state index in [2.05, 4.69) is 0 Å². The summed E-state index contributed by atoms with van der Waals surface area (Å²) in [6, 6.07) is 17.5. The molecule has 0 aliphatic carbocycles. The number of rotatable bonds is 4. The fourth-order valence-electron chi connectivity index (χ4n) is 2.90. The molecule has 2 aromatic carbocycles. The SMILES string of the molecule is COC(=O)C1=C(C(=O)OC)N(c2ccccc2-c2ccccc2)C=CC=C1. The smallest absolute Gasteiger partial charge is 0.355 e. The number of esters is 2. The minimum absolute atomic E-state index is 0.0951. The van der Waals surface area contributed by atoms with Crippen molar-refractivity contribution in [2.75, 3.05) is 19.1 Å². The highest BCUT2D eigenvalue weighted by molar-refractivity contribution is 6.06. The molecule has 0 amide bonds. The summed E-state index contributed by atoms with van der Waals surface area (Å²) in [6.45, 7) is 0. The largest absolute Gasteiger partial charge is 0.465 e. The van der Waals surface area contributed by atoms with Crippen molar-refractivity contribution in [3.8, 4) is 11.1 Å². The molecule has 0 radical (unpaired) electrons. The molecule has 3 rings (SSSR count). The molecule has 0 saturated heterocycles. The van der Waals surface area contributed by atoms with E-state index < -0.39 is 11.9 Å². The van der Waals surface area contributed by atoms with E-state index in [-0.39, 0.29) is 11.3 Å². The standard InChI is InChI=1S/C22H19NO4/c1-26-21(24)18-13-8-9-15-23(20(18)22(25)27-2)19-14-7-6-12-17(19)16-10-4-3-5-11-16/h3-15H,1-2H3. The number of benzene rings is 2. The topological polar surface area (TPSA) is 55.8 Å². The van der Waals surface area contributed by atoms with Crippen LogP contribution in [0.25, 0.3) is 11.1 Å². The van der Waals surface area contributed by atoms with Crippen LogP contribution in [0.1, 0.15) is 0 Å². The van der Waals surface area contributed by atoms with Gasteiger partial charge in [0.1, 0.15) is 5.70 Å². The highest BCUT2D eigenvalue weighted by Crippen LogP contribution is 2.35. The molecule has 1 heterocycles. The molecule has 0 fully saturated rings. The summed E-state index contributed by atoms with van der Waals surface area (Å²) in [5.41, 5.74) is 2.86. The Kier molecular flexibility index (Phi) is 5.52. The monoisotopic (exact) mass is 361 g/mol. The maximum absolute atomic E-state index is 12.6. The second-order valence-electron chi connectivity index (χ2n) is 5.70. The molecular weight excluding hydrogens is 342 g/mol. The first-order valence-corrected chi connectivity index (χ1v) is 8.37. The van der Waals surface area contributed by atoms with Gasteiger partial charge in [0.25, 0.3) is 0 Å². The average molecular weight is 361 g/mol. The van der Waals surface area contributed by atoms with Crippen LogP contribution < -0.4 is 4.90 Å². The van der Waals surface area contributed by atoms with Gasteiger partial charge in [-0.15, -0.1) is 0 Å². The molecule has 0 aromatic heterocycles. The first-order chi connectivity index (χ1) is 13.2. The molecule has 1 aliphatic rings. The van der Waals surface area contributed by atoms with Gasteiger partial charge in [0.05, 0.1) is 25.5 Å². The first-order valence-electron chi connectivity index (χ1n) is 8.37. The van der Waals surface area contributed by atoms with Crippen molar-refractivity contribution in [3.63, 3.8) is 0 Å². The number of anilines is 1. The Hall–Kier alpha value is -3.60. The van der Waals surface area contributed by atoms with Crippen molar-refractivity contribution in [1.82, 2.24) is 0 Å². The predicted molar refractivity (Wildman–Crippen MR) is 104 cm³/mol. The van der Waals surface area contributed by atoms with Crippen LogP contribution >= 0.6 is 0 Å². The van der Waals surface area contributed by atoms with Crippen molar-refractivity contribution < 1.29 is 19.1 Å². The quantitative estimate of drug-likeness (QED) is 0.775. The molecule has 2 aromatic rings. The molecule has 136 valence electrons. The Balaban J connectivity index is 2.23. The highest BCUT2D eigenvalue weighted by atomic mass is 16.5.